The molecule has 4 rings (SSSR count). The van der Waals surface area contributed by atoms with Crippen molar-refractivity contribution < 1.29 is 4.42 Å². The normalized spacial score (nSPS) is 11.0. The third-order valence-corrected chi connectivity index (χ3v) is 3.34. The number of nitrogens with zero attached hydrogens (tertiary/aromatic N) is 2. The molecule has 0 aliphatic heterocycles. The summed E-state index contributed by atoms with van der Waals surface area (Å²) < 4.78 is 5.85. The molecule has 0 spiro atoms. The van der Waals surface area contributed by atoms with Gasteiger partial charge in [-0.3, -0.25) is 5.10 Å². The molecule has 0 radical (unpaired) electrons. The number of anilines is 1. The van der Waals surface area contributed by atoms with Crippen molar-refractivity contribution in [2.75, 3.05) is 5.73 Å². The van der Waals surface area contributed by atoms with Gasteiger partial charge in [-0.15, -0.1) is 0 Å². The second kappa shape index (κ2) is 4.49. The third-order valence-electron chi connectivity index (χ3n) is 3.34. The molecule has 0 atom stereocenters. The molecule has 0 saturated heterocycles. The minimum absolute atomic E-state index is 0.456. The van der Waals surface area contributed by atoms with E-state index >= 15 is 0 Å². The summed E-state index contributed by atoms with van der Waals surface area (Å²) in [6.45, 7) is 0. The van der Waals surface area contributed by atoms with Gasteiger partial charge in [0.2, 0.25) is 5.89 Å². The van der Waals surface area contributed by atoms with Crippen LogP contribution in [0.1, 0.15) is 0 Å². The lowest BCUT2D eigenvalue weighted by Gasteiger charge is -2.03. The molecule has 5 nitrogen and oxygen atoms in total. The van der Waals surface area contributed by atoms with Crippen LogP contribution in [-0.4, -0.2) is 15.2 Å². The Morgan fingerprint density at radius 1 is 0.952 bits per heavy atom. The lowest BCUT2D eigenvalue weighted by molar-refractivity contribution is 0.620. The molecular formula is C16H12N4O. The number of H-pyrrole nitrogens is 1. The smallest absolute Gasteiger partial charge is 0.227 e. The molecule has 0 aliphatic rings. The molecule has 2 aromatic heterocycles. The molecule has 0 saturated carbocycles. The van der Waals surface area contributed by atoms with Crippen LogP contribution in [-0.2, 0) is 0 Å². The van der Waals surface area contributed by atoms with Crippen molar-refractivity contribution in [3.63, 3.8) is 0 Å². The van der Waals surface area contributed by atoms with E-state index in [-0.39, 0.29) is 0 Å². The fourth-order valence-corrected chi connectivity index (χ4v) is 2.37. The third kappa shape index (κ3) is 1.95. The fourth-order valence-electron chi connectivity index (χ4n) is 2.37. The van der Waals surface area contributed by atoms with Gasteiger partial charge in [-0.1, -0.05) is 30.3 Å². The molecule has 21 heavy (non-hydrogen) atoms. The molecule has 0 fully saturated rings. The monoisotopic (exact) mass is 276 g/mol. The number of rotatable bonds is 2. The first-order valence-electron chi connectivity index (χ1n) is 6.57. The number of para-hydroxylation sites is 2. The average molecular weight is 276 g/mol. The molecular weight excluding hydrogens is 264 g/mol. The average Bonchev–Trinajstić information content (AvgIpc) is 3.13. The number of fused-ring (bicyclic) bond motifs is 1. The fraction of sp³-hybridized carbons (Fsp3) is 0. The van der Waals surface area contributed by atoms with Crippen molar-refractivity contribution in [3.8, 4) is 22.7 Å². The second-order valence-electron chi connectivity index (χ2n) is 4.74. The lowest BCUT2D eigenvalue weighted by Crippen LogP contribution is -1.85. The molecule has 0 amide bonds. The van der Waals surface area contributed by atoms with Crippen LogP contribution in [0, 0.1) is 0 Å². The van der Waals surface area contributed by atoms with Crippen LogP contribution in [0.25, 0.3) is 33.8 Å². The van der Waals surface area contributed by atoms with Crippen LogP contribution >= 0.6 is 0 Å². The summed E-state index contributed by atoms with van der Waals surface area (Å²) in [7, 11) is 0. The molecule has 0 bridgehead atoms. The molecule has 4 aromatic rings. The van der Waals surface area contributed by atoms with E-state index in [0.29, 0.717) is 11.7 Å². The number of hydrogen-bond donors (Lipinski definition) is 2. The summed E-state index contributed by atoms with van der Waals surface area (Å²) in [4.78, 5) is 4.54. The van der Waals surface area contributed by atoms with E-state index < -0.39 is 0 Å². The Labute approximate surface area is 120 Å². The summed E-state index contributed by atoms with van der Waals surface area (Å²) in [6, 6.07) is 17.4. The number of aromatic amines is 1. The number of oxazole rings is 1. The number of aromatic nitrogens is 3. The van der Waals surface area contributed by atoms with Gasteiger partial charge in [0, 0.05) is 17.2 Å². The van der Waals surface area contributed by atoms with Crippen molar-refractivity contribution in [2.45, 2.75) is 0 Å². The number of benzene rings is 2. The Hall–Kier alpha value is -3.08. The minimum atomic E-state index is 0.456. The maximum absolute atomic E-state index is 5.85. The van der Waals surface area contributed by atoms with Crippen molar-refractivity contribution in [3.05, 3.63) is 54.6 Å². The number of nitrogens with two attached hydrogens (primary N) is 1. The topological polar surface area (TPSA) is 80.7 Å². The summed E-state index contributed by atoms with van der Waals surface area (Å²) in [5.41, 5.74) is 9.98. The van der Waals surface area contributed by atoms with E-state index in [1.807, 2.05) is 48.5 Å². The zero-order valence-corrected chi connectivity index (χ0v) is 11.1. The summed E-state index contributed by atoms with van der Waals surface area (Å²) >= 11 is 0. The molecule has 2 aromatic carbocycles. The van der Waals surface area contributed by atoms with E-state index in [2.05, 4.69) is 15.2 Å². The van der Waals surface area contributed by atoms with Crippen LogP contribution < -0.4 is 5.73 Å². The molecule has 2 heterocycles. The van der Waals surface area contributed by atoms with Crippen molar-refractivity contribution in [1.82, 2.24) is 15.2 Å². The van der Waals surface area contributed by atoms with Crippen LogP contribution in [0.2, 0.25) is 0 Å². The quantitative estimate of drug-likeness (QED) is 0.587. The first-order chi connectivity index (χ1) is 10.3. The first-order valence-corrected chi connectivity index (χ1v) is 6.57. The Morgan fingerprint density at radius 2 is 1.71 bits per heavy atom. The van der Waals surface area contributed by atoms with Gasteiger partial charge in [0.15, 0.2) is 5.58 Å². The highest BCUT2D eigenvalue weighted by Crippen LogP contribution is 2.32. The van der Waals surface area contributed by atoms with E-state index in [9.17, 15) is 0 Å². The Balaban J connectivity index is 1.92. The van der Waals surface area contributed by atoms with E-state index in [1.165, 1.54) is 0 Å². The van der Waals surface area contributed by atoms with E-state index in [1.54, 1.807) is 6.07 Å². The largest absolute Gasteiger partial charge is 0.436 e. The van der Waals surface area contributed by atoms with Gasteiger partial charge in [-0.05, 0) is 18.2 Å². The van der Waals surface area contributed by atoms with Crippen molar-refractivity contribution in [2.24, 2.45) is 0 Å². The predicted molar refractivity (Wildman–Crippen MR) is 81.4 cm³/mol. The van der Waals surface area contributed by atoms with Gasteiger partial charge in [0.05, 0.1) is 5.69 Å². The molecule has 0 aliphatic carbocycles. The number of hydrogen-bond acceptors (Lipinski definition) is 4. The van der Waals surface area contributed by atoms with E-state index in [0.717, 1.165) is 27.9 Å². The Kier molecular flexibility index (Phi) is 2.50. The van der Waals surface area contributed by atoms with Crippen molar-refractivity contribution in [1.29, 1.82) is 0 Å². The van der Waals surface area contributed by atoms with Crippen LogP contribution in [0.15, 0.2) is 59.0 Å². The standard InChI is InChI=1S/C16H12N4O/c17-15-9-13(19-20-15)10-5-1-2-6-11(10)16-18-12-7-3-4-8-14(12)21-16/h1-9H,(H3,17,19,20). The highest BCUT2D eigenvalue weighted by Gasteiger charge is 2.14. The van der Waals surface area contributed by atoms with Crippen LogP contribution in [0.5, 0.6) is 0 Å². The van der Waals surface area contributed by atoms with Gasteiger partial charge in [-0.2, -0.15) is 5.10 Å². The highest BCUT2D eigenvalue weighted by atomic mass is 16.3. The molecule has 5 heteroatoms. The maximum Gasteiger partial charge on any atom is 0.227 e. The zero-order chi connectivity index (χ0) is 14.2. The summed E-state index contributed by atoms with van der Waals surface area (Å²) in [5, 5.41) is 6.89. The summed E-state index contributed by atoms with van der Waals surface area (Å²) in [6.07, 6.45) is 0. The summed E-state index contributed by atoms with van der Waals surface area (Å²) in [5.74, 6) is 1.04. The SMILES string of the molecule is Nc1cc(-c2ccccc2-c2nc3ccccc3o2)[nH]n1. The molecule has 3 N–H and O–H groups in total. The highest BCUT2D eigenvalue weighted by molar-refractivity contribution is 5.82. The lowest BCUT2D eigenvalue weighted by atomic mass is 10.0. The predicted octanol–water partition coefficient (Wildman–Crippen LogP) is 3.47. The molecule has 0 unspecified atom stereocenters. The van der Waals surface area contributed by atoms with Gasteiger partial charge in [0.1, 0.15) is 11.3 Å². The number of nitrogen functional groups attached to an aromatic ring is 1. The number of nitrogens with one attached hydrogen (secondary N) is 1. The van der Waals surface area contributed by atoms with Gasteiger partial charge in [0.25, 0.3) is 0 Å². The Morgan fingerprint density at radius 3 is 2.48 bits per heavy atom. The van der Waals surface area contributed by atoms with Crippen molar-refractivity contribution >= 4 is 16.9 Å². The minimum Gasteiger partial charge on any atom is -0.436 e. The van der Waals surface area contributed by atoms with Gasteiger partial charge in [-0.25, -0.2) is 4.98 Å². The van der Waals surface area contributed by atoms with E-state index in [4.69, 9.17) is 10.2 Å². The zero-order valence-electron chi connectivity index (χ0n) is 11.1. The first kappa shape index (κ1) is 11.7. The second-order valence-corrected chi connectivity index (χ2v) is 4.74. The van der Waals surface area contributed by atoms with Gasteiger partial charge >= 0.3 is 0 Å². The maximum atomic E-state index is 5.85. The van der Waals surface area contributed by atoms with Crippen LogP contribution in [0.4, 0.5) is 5.82 Å². The van der Waals surface area contributed by atoms with Gasteiger partial charge < -0.3 is 10.2 Å². The Bertz CT molecular complexity index is 890. The molecule has 102 valence electrons. The van der Waals surface area contributed by atoms with Crippen LogP contribution in [0.3, 0.4) is 0 Å².